The SMILES string of the molecule is CCOC(=O)C1=NN(c2cccc(C)c2)[C@@]2(S1)SC(C(C)=O)=C(C)N2C. The molecule has 0 aromatic heterocycles. The van der Waals surface area contributed by atoms with Gasteiger partial charge in [-0.25, -0.2) is 9.80 Å². The van der Waals surface area contributed by atoms with Crippen LogP contribution >= 0.6 is 23.5 Å². The molecule has 0 fully saturated rings. The van der Waals surface area contributed by atoms with Crippen LogP contribution in [0.15, 0.2) is 40.0 Å². The molecule has 0 bridgehead atoms. The van der Waals surface area contributed by atoms with Gasteiger partial charge in [-0.2, -0.15) is 5.10 Å². The van der Waals surface area contributed by atoms with Gasteiger partial charge in [-0.15, -0.1) is 0 Å². The maximum Gasteiger partial charge on any atom is 0.365 e. The van der Waals surface area contributed by atoms with Crippen molar-refractivity contribution in [1.82, 2.24) is 4.90 Å². The molecule has 3 rings (SSSR count). The molecule has 138 valence electrons. The predicted octanol–water partition coefficient (Wildman–Crippen LogP) is 3.54. The van der Waals surface area contributed by atoms with Crippen molar-refractivity contribution >= 4 is 46.0 Å². The summed E-state index contributed by atoms with van der Waals surface area (Å²) in [5.74, 6) is -0.444. The van der Waals surface area contributed by atoms with Crippen LogP contribution in [0.3, 0.4) is 0 Å². The Morgan fingerprint density at radius 1 is 1.27 bits per heavy atom. The lowest BCUT2D eigenvalue weighted by Gasteiger charge is -2.39. The van der Waals surface area contributed by atoms with Crippen molar-refractivity contribution in [3.05, 3.63) is 40.4 Å². The number of benzene rings is 1. The average Bonchev–Trinajstić information content (AvgIpc) is 3.10. The fraction of sp³-hybridized carbons (Fsp3) is 0.389. The monoisotopic (exact) mass is 391 g/mol. The van der Waals surface area contributed by atoms with E-state index in [2.05, 4.69) is 5.10 Å². The van der Waals surface area contributed by atoms with E-state index in [1.165, 1.54) is 23.5 Å². The third-order valence-electron chi connectivity index (χ3n) is 4.19. The van der Waals surface area contributed by atoms with Gasteiger partial charge in [-0.1, -0.05) is 23.9 Å². The summed E-state index contributed by atoms with van der Waals surface area (Å²) in [6.45, 7) is 7.53. The number of rotatable bonds is 4. The van der Waals surface area contributed by atoms with E-state index in [1.807, 2.05) is 50.1 Å². The number of allylic oxidation sites excluding steroid dienone is 2. The number of Topliss-reactive ketones (excluding diaryl/α,β-unsaturated/α-hetero) is 1. The highest BCUT2D eigenvalue weighted by Crippen LogP contribution is 2.58. The van der Waals surface area contributed by atoms with Gasteiger partial charge < -0.3 is 9.64 Å². The summed E-state index contributed by atoms with van der Waals surface area (Å²) in [4.78, 5) is 27.1. The third kappa shape index (κ3) is 3.01. The van der Waals surface area contributed by atoms with Crippen LogP contribution in [0, 0.1) is 6.92 Å². The standard InChI is InChI=1S/C18H21N3O3S2/c1-6-24-17(23)16-19-21(14-9-7-8-11(2)10-14)18(26-16)20(5)12(3)15(25-18)13(4)22/h7-10H,6H2,1-5H3/t18-/m1/s1. The Labute approximate surface area is 161 Å². The average molecular weight is 392 g/mol. The van der Waals surface area contributed by atoms with E-state index in [0.29, 0.717) is 4.91 Å². The number of carbonyl (C=O) groups is 2. The topological polar surface area (TPSA) is 62.2 Å². The fourth-order valence-corrected chi connectivity index (χ4v) is 5.72. The lowest BCUT2D eigenvalue weighted by molar-refractivity contribution is -0.134. The second kappa shape index (κ2) is 7.00. The minimum Gasteiger partial charge on any atom is -0.461 e. The summed E-state index contributed by atoms with van der Waals surface area (Å²) < 4.78 is 4.38. The number of esters is 1. The highest BCUT2D eigenvalue weighted by Gasteiger charge is 2.56. The second-order valence-electron chi connectivity index (χ2n) is 6.06. The number of ketones is 1. The number of nitrogens with zero attached hydrogens (tertiary/aromatic N) is 3. The van der Waals surface area contributed by atoms with Crippen molar-refractivity contribution in [2.24, 2.45) is 5.10 Å². The smallest absolute Gasteiger partial charge is 0.365 e. The lowest BCUT2D eigenvalue weighted by Crippen LogP contribution is -2.47. The van der Waals surface area contributed by atoms with Crippen molar-refractivity contribution in [2.75, 3.05) is 18.7 Å². The van der Waals surface area contributed by atoms with Crippen LogP contribution < -0.4 is 5.01 Å². The zero-order valence-electron chi connectivity index (χ0n) is 15.4. The molecule has 1 aromatic rings. The van der Waals surface area contributed by atoms with Gasteiger partial charge in [0.05, 0.1) is 17.2 Å². The van der Waals surface area contributed by atoms with Crippen LogP contribution in [0.2, 0.25) is 0 Å². The molecule has 1 spiro atoms. The first-order valence-corrected chi connectivity index (χ1v) is 9.89. The van der Waals surface area contributed by atoms with E-state index in [9.17, 15) is 9.59 Å². The molecule has 26 heavy (non-hydrogen) atoms. The molecular formula is C18H21N3O3S2. The van der Waals surface area contributed by atoms with Crippen LogP contribution in [-0.2, 0) is 14.3 Å². The summed E-state index contributed by atoms with van der Waals surface area (Å²) in [7, 11) is 1.91. The van der Waals surface area contributed by atoms with Crippen molar-refractivity contribution < 1.29 is 14.3 Å². The van der Waals surface area contributed by atoms with Crippen LogP contribution in [0.25, 0.3) is 0 Å². The highest BCUT2D eigenvalue weighted by molar-refractivity contribution is 8.28. The van der Waals surface area contributed by atoms with Crippen LogP contribution in [0.1, 0.15) is 26.3 Å². The molecule has 2 aliphatic heterocycles. The van der Waals surface area contributed by atoms with E-state index in [4.69, 9.17) is 4.74 Å². The van der Waals surface area contributed by atoms with E-state index >= 15 is 0 Å². The van der Waals surface area contributed by atoms with Crippen molar-refractivity contribution in [2.45, 2.75) is 32.0 Å². The molecule has 0 aliphatic carbocycles. The van der Waals surface area contributed by atoms with Crippen molar-refractivity contribution in [3.63, 3.8) is 0 Å². The molecule has 6 nitrogen and oxygen atoms in total. The van der Waals surface area contributed by atoms with Gasteiger partial charge in [0.25, 0.3) is 0 Å². The van der Waals surface area contributed by atoms with Gasteiger partial charge in [-0.05, 0) is 57.2 Å². The molecule has 0 saturated carbocycles. The molecule has 8 heteroatoms. The number of anilines is 1. The van der Waals surface area contributed by atoms with Gasteiger partial charge in [-0.3, -0.25) is 4.79 Å². The number of hydrogen-bond acceptors (Lipinski definition) is 8. The molecule has 2 heterocycles. The molecule has 0 unspecified atom stereocenters. The van der Waals surface area contributed by atoms with E-state index in [1.54, 1.807) is 18.9 Å². The number of hydrazone groups is 1. The summed E-state index contributed by atoms with van der Waals surface area (Å²) >= 11 is 2.72. The Hall–Kier alpha value is -1.93. The molecular weight excluding hydrogens is 370 g/mol. The Morgan fingerprint density at radius 3 is 2.58 bits per heavy atom. The second-order valence-corrected chi connectivity index (χ2v) is 8.66. The molecule has 0 radical (unpaired) electrons. The van der Waals surface area contributed by atoms with Crippen LogP contribution in [0.4, 0.5) is 5.69 Å². The maximum atomic E-state index is 12.3. The number of thioether (sulfide) groups is 2. The van der Waals surface area contributed by atoms with Gasteiger partial charge in [0.15, 0.2) is 5.78 Å². The number of carbonyl (C=O) groups excluding carboxylic acids is 2. The first-order chi connectivity index (χ1) is 12.3. The highest BCUT2D eigenvalue weighted by atomic mass is 32.2. The van der Waals surface area contributed by atoms with Gasteiger partial charge >= 0.3 is 5.97 Å². The molecule has 1 atom stereocenters. The first-order valence-electron chi connectivity index (χ1n) is 8.26. The van der Waals surface area contributed by atoms with E-state index in [0.717, 1.165) is 16.9 Å². The van der Waals surface area contributed by atoms with Crippen molar-refractivity contribution in [1.29, 1.82) is 0 Å². The lowest BCUT2D eigenvalue weighted by atomic mass is 10.2. The first kappa shape index (κ1) is 18.8. The number of ether oxygens (including phenoxy) is 1. The van der Waals surface area contributed by atoms with Crippen LogP contribution in [-0.4, -0.2) is 39.7 Å². The Morgan fingerprint density at radius 2 is 2.00 bits per heavy atom. The summed E-state index contributed by atoms with van der Waals surface area (Å²) in [6, 6.07) is 7.91. The molecule has 0 N–H and O–H groups in total. The zero-order chi connectivity index (χ0) is 19.1. The third-order valence-corrected chi connectivity index (χ3v) is 7.35. The summed E-state index contributed by atoms with van der Waals surface area (Å²) in [5.41, 5.74) is 2.81. The summed E-state index contributed by atoms with van der Waals surface area (Å²) in [6.07, 6.45) is 0. The zero-order valence-corrected chi connectivity index (χ0v) is 17.0. The molecule has 0 saturated heterocycles. The Balaban J connectivity index is 2.07. The molecule has 2 aliphatic rings. The molecule has 1 aromatic carbocycles. The van der Waals surface area contributed by atoms with Gasteiger partial charge in [0.1, 0.15) is 0 Å². The number of aryl methyl sites for hydroxylation is 1. The van der Waals surface area contributed by atoms with Crippen LogP contribution in [0.5, 0.6) is 0 Å². The van der Waals surface area contributed by atoms with Gasteiger partial charge in [0.2, 0.25) is 9.37 Å². The largest absolute Gasteiger partial charge is 0.461 e. The normalized spacial score (nSPS) is 22.3. The summed E-state index contributed by atoms with van der Waals surface area (Å²) in [5, 5.41) is 6.66. The van der Waals surface area contributed by atoms with E-state index in [-0.39, 0.29) is 17.4 Å². The van der Waals surface area contributed by atoms with Crippen molar-refractivity contribution in [3.8, 4) is 0 Å². The fourth-order valence-electron chi connectivity index (χ4n) is 2.84. The molecule has 0 amide bonds. The quantitative estimate of drug-likeness (QED) is 0.728. The van der Waals surface area contributed by atoms with Gasteiger partial charge in [0, 0.05) is 12.7 Å². The Bertz CT molecular complexity index is 837. The van der Waals surface area contributed by atoms with E-state index < -0.39 is 10.3 Å². The number of hydrogen-bond donors (Lipinski definition) is 0. The Kier molecular flexibility index (Phi) is 5.07. The predicted molar refractivity (Wildman–Crippen MR) is 107 cm³/mol. The maximum absolute atomic E-state index is 12.3. The minimum atomic E-state index is -0.763. The minimum absolute atomic E-state index is 0.00519.